The fourth-order valence-corrected chi connectivity index (χ4v) is 2.17. The molecule has 1 aliphatic rings. The molecule has 0 atom stereocenters. The molecule has 76 valence electrons. The molecule has 0 aliphatic carbocycles. The molecule has 0 spiro atoms. The molecule has 1 N–H and O–H groups in total. The average molecular weight is 192 g/mol. The van der Waals surface area contributed by atoms with E-state index in [0.717, 1.165) is 6.54 Å². The van der Waals surface area contributed by atoms with E-state index in [1.165, 1.54) is 38.9 Å². The number of piperidine rings is 1. The standard InChI is InChI=1S/C12H19N2/c1-3-7-13(8-4-1)11-12-14-9-5-2-6-10-14/h1,3-4,7-8H,2,5-6,9-12H2/q+1/p+1. The summed E-state index contributed by atoms with van der Waals surface area (Å²) in [5, 5.41) is 0. The van der Waals surface area contributed by atoms with Crippen LogP contribution in [0.3, 0.4) is 0 Å². The lowest BCUT2D eigenvalue weighted by Gasteiger charge is -2.21. The van der Waals surface area contributed by atoms with E-state index < -0.39 is 0 Å². The highest BCUT2D eigenvalue weighted by atomic mass is 15.1. The van der Waals surface area contributed by atoms with Crippen LogP contribution in [0, 0.1) is 0 Å². The van der Waals surface area contributed by atoms with Crippen molar-refractivity contribution in [2.75, 3.05) is 19.6 Å². The summed E-state index contributed by atoms with van der Waals surface area (Å²) in [6.45, 7) is 5.21. The van der Waals surface area contributed by atoms with Crippen molar-refractivity contribution in [1.82, 2.24) is 0 Å². The fraction of sp³-hybridized carbons (Fsp3) is 0.583. The van der Waals surface area contributed by atoms with Gasteiger partial charge in [0.2, 0.25) is 0 Å². The number of aromatic nitrogens is 1. The van der Waals surface area contributed by atoms with Gasteiger partial charge in [0.25, 0.3) is 0 Å². The van der Waals surface area contributed by atoms with Crippen molar-refractivity contribution in [3.63, 3.8) is 0 Å². The summed E-state index contributed by atoms with van der Waals surface area (Å²) in [5.74, 6) is 0. The number of pyridine rings is 1. The molecule has 2 nitrogen and oxygen atoms in total. The minimum Gasteiger partial charge on any atom is -0.330 e. The Kier molecular flexibility index (Phi) is 3.52. The van der Waals surface area contributed by atoms with Gasteiger partial charge < -0.3 is 4.90 Å². The molecule has 0 saturated carbocycles. The summed E-state index contributed by atoms with van der Waals surface area (Å²) in [6, 6.07) is 6.28. The number of quaternary nitrogens is 1. The van der Waals surface area contributed by atoms with E-state index in [2.05, 4.69) is 35.2 Å². The number of nitrogens with zero attached hydrogens (tertiary/aromatic N) is 1. The Balaban J connectivity index is 1.76. The first-order valence-corrected chi connectivity index (χ1v) is 5.73. The zero-order chi connectivity index (χ0) is 9.64. The summed E-state index contributed by atoms with van der Waals surface area (Å²) >= 11 is 0. The normalized spacial score (nSPS) is 18.3. The zero-order valence-corrected chi connectivity index (χ0v) is 8.78. The predicted molar refractivity (Wildman–Crippen MR) is 56.1 cm³/mol. The summed E-state index contributed by atoms with van der Waals surface area (Å²) < 4.78 is 2.28. The molecular formula is C12H20N2+2. The fourth-order valence-electron chi connectivity index (χ4n) is 2.17. The van der Waals surface area contributed by atoms with Crippen LogP contribution in [-0.4, -0.2) is 19.6 Å². The Bertz CT molecular complexity index is 252. The molecule has 0 aromatic carbocycles. The van der Waals surface area contributed by atoms with Gasteiger partial charge in [-0.3, -0.25) is 0 Å². The van der Waals surface area contributed by atoms with Crippen molar-refractivity contribution in [2.24, 2.45) is 0 Å². The SMILES string of the molecule is c1cc[n+](CC[NH+]2CCCCC2)cc1. The van der Waals surface area contributed by atoms with Crippen LogP contribution >= 0.6 is 0 Å². The van der Waals surface area contributed by atoms with Crippen LogP contribution in [0.25, 0.3) is 0 Å². The van der Waals surface area contributed by atoms with E-state index in [1.807, 2.05) is 0 Å². The van der Waals surface area contributed by atoms with Crippen LogP contribution in [-0.2, 0) is 6.54 Å². The monoisotopic (exact) mass is 192 g/mol. The molecule has 2 heterocycles. The third-order valence-corrected chi connectivity index (χ3v) is 3.06. The highest BCUT2D eigenvalue weighted by molar-refractivity contribution is 4.83. The van der Waals surface area contributed by atoms with Crippen LogP contribution < -0.4 is 9.47 Å². The quantitative estimate of drug-likeness (QED) is 0.647. The second kappa shape index (κ2) is 5.11. The maximum atomic E-state index is 2.28. The first-order chi connectivity index (χ1) is 6.95. The highest BCUT2D eigenvalue weighted by Crippen LogP contribution is 1.93. The van der Waals surface area contributed by atoms with Gasteiger partial charge in [0.1, 0.15) is 6.54 Å². The molecule has 0 bridgehead atoms. The van der Waals surface area contributed by atoms with Gasteiger partial charge in [-0.15, -0.1) is 0 Å². The molecule has 2 heteroatoms. The minimum atomic E-state index is 1.16. The van der Waals surface area contributed by atoms with Crippen molar-refractivity contribution >= 4 is 0 Å². The van der Waals surface area contributed by atoms with Crippen molar-refractivity contribution in [2.45, 2.75) is 25.8 Å². The first kappa shape index (κ1) is 9.66. The largest absolute Gasteiger partial charge is 0.330 e. The second-order valence-electron chi connectivity index (χ2n) is 4.17. The Morgan fingerprint density at radius 1 is 0.929 bits per heavy atom. The van der Waals surface area contributed by atoms with Crippen LogP contribution in [0.4, 0.5) is 0 Å². The maximum Gasteiger partial charge on any atom is 0.196 e. The van der Waals surface area contributed by atoms with Gasteiger partial charge in [-0.2, -0.15) is 4.57 Å². The van der Waals surface area contributed by atoms with E-state index >= 15 is 0 Å². The average Bonchev–Trinajstić information content (AvgIpc) is 2.29. The molecule has 1 aromatic rings. The van der Waals surface area contributed by atoms with Gasteiger partial charge >= 0.3 is 0 Å². The number of nitrogens with one attached hydrogen (secondary N) is 1. The summed E-state index contributed by atoms with van der Waals surface area (Å²) in [4.78, 5) is 1.78. The van der Waals surface area contributed by atoms with Gasteiger partial charge in [-0.1, -0.05) is 6.07 Å². The summed E-state index contributed by atoms with van der Waals surface area (Å²) in [7, 11) is 0. The number of likely N-dealkylation sites (tertiary alicyclic amines) is 1. The summed E-state index contributed by atoms with van der Waals surface area (Å²) in [5.41, 5.74) is 0. The Morgan fingerprint density at radius 3 is 2.36 bits per heavy atom. The topological polar surface area (TPSA) is 8.32 Å². The minimum absolute atomic E-state index is 1.16. The lowest BCUT2D eigenvalue weighted by Crippen LogP contribution is -3.13. The van der Waals surface area contributed by atoms with Crippen molar-refractivity contribution in [1.29, 1.82) is 0 Å². The molecule has 1 aliphatic heterocycles. The predicted octanol–water partition coefficient (Wildman–Crippen LogP) is 0.0429. The molecule has 14 heavy (non-hydrogen) atoms. The van der Waals surface area contributed by atoms with E-state index in [9.17, 15) is 0 Å². The smallest absolute Gasteiger partial charge is 0.196 e. The first-order valence-electron chi connectivity index (χ1n) is 5.73. The molecule has 1 saturated heterocycles. The van der Waals surface area contributed by atoms with E-state index in [4.69, 9.17) is 0 Å². The maximum absolute atomic E-state index is 2.28. The number of hydrogen-bond acceptors (Lipinski definition) is 0. The third-order valence-electron chi connectivity index (χ3n) is 3.06. The Morgan fingerprint density at radius 2 is 1.64 bits per heavy atom. The third kappa shape index (κ3) is 2.81. The molecule has 0 unspecified atom stereocenters. The van der Waals surface area contributed by atoms with Gasteiger partial charge in [0, 0.05) is 12.1 Å². The van der Waals surface area contributed by atoms with Crippen molar-refractivity contribution < 1.29 is 9.47 Å². The van der Waals surface area contributed by atoms with E-state index in [1.54, 1.807) is 4.90 Å². The van der Waals surface area contributed by atoms with Gasteiger partial charge in [-0.05, 0) is 19.3 Å². The lowest BCUT2D eigenvalue weighted by molar-refractivity contribution is -0.923. The van der Waals surface area contributed by atoms with Gasteiger partial charge in [0.05, 0.1) is 13.1 Å². The second-order valence-corrected chi connectivity index (χ2v) is 4.17. The number of hydrogen-bond donors (Lipinski definition) is 1. The Labute approximate surface area is 86.2 Å². The van der Waals surface area contributed by atoms with E-state index in [0.29, 0.717) is 0 Å². The molecular weight excluding hydrogens is 172 g/mol. The molecule has 2 rings (SSSR count). The lowest BCUT2D eigenvalue weighted by atomic mass is 10.1. The summed E-state index contributed by atoms with van der Waals surface area (Å²) in [6.07, 6.45) is 8.61. The van der Waals surface area contributed by atoms with Crippen LogP contribution in [0.15, 0.2) is 30.6 Å². The van der Waals surface area contributed by atoms with Crippen molar-refractivity contribution in [3.05, 3.63) is 30.6 Å². The van der Waals surface area contributed by atoms with Crippen LogP contribution in [0.1, 0.15) is 19.3 Å². The Hall–Kier alpha value is -0.890. The molecule has 1 aromatic heterocycles. The molecule has 0 amide bonds. The molecule has 0 radical (unpaired) electrons. The number of rotatable bonds is 3. The molecule has 1 fully saturated rings. The van der Waals surface area contributed by atoms with Gasteiger partial charge in [-0.25, -0.2) is 0 Å². The zero-order valence-electron chi connectivity index (χ0n) is 8.78. The van der Waals surface area contributed by atoms with Crippen molar-refractivity contribution in [3.8, 4) is 0 Å². The van der Waals surface area contributed by atoms with E-state index in [-0.39, 0.29) is 0 Å². The van der Waals surface area contributed by atoms with Crippen LogP contribution in [0.5, 0.6) is 0 Å². The highest BCUT2D eigenvalue weighted by Gasteiger charge is 2.14. The van der Waals surface area contributed by atoms with Crippen LogP contribution in [0.2, 0.25) is 0 Å². The van der Waals surface area contributed by atoms with Gasteiger partial charge in [0.15, 0.2) is 18.9 Å².